The lowest BCUT2D eigenvalue weighted by Crippen LogP contribution is -2.43. The second-order valence-corrected chi connectivity index (χ2v) is 11.5. The molecule has 0 N–H and O–H groups in total. The Hall–Kier alpha value is -7.36. The molecule has 3 aromatic carbocycles. The zero-order valence-electron chi connectivity index (χ0n) is 26.1. The van der Waals surface area contributed by atoms with Crippen LogP contribution in [0.2, 0.25) is 0 Å². The number of amides is 8. The first kappa shape index (κ1) is 32.2. The summed E-state index contributed by atoms with van der Waals surface area (Å²) in [6, 6.07) is 11.5. The van der Waals surface area contributed by atoms with Crippen LogP contribution in [-0.2, 0) is 19.2 Å². The fourth-order valence-corrected chi connectivity index (χ4v) is 5.64. The SMILES string of the molecule is Cc1cc(OC(=O)c2ccc3c(c2)C(=O)N(CN2C(=O)C=CC2=O)C3=O)ccc1OC(=O)c1ccc2c(c1)C(=O)N(CN1C(=O)C=CC1=O)C2=O. The number of esters is 2. The molecular formula is C35H20N4O12. The number of benzene rings is 3. The van der Waals surface area contributed by atoms with E-state index in [1.54, 1.807) is 6.92 Å². The molecule has 0 aromatic heterocycles. The molecule has 252 valence electrons. The number of aryl methyl sites for hydroxylation is 1. The van der Waals surface area contributed by atoms with Crippen molar-refractivity contribution in [3.8, 4) is 11.5 Å². The van der Waals surface area contributed by atoms with E-state index in [9.17, 15) is 47.9 Å². The first-order valence-corrected chi connectivity index (χ1v) is 14.9. The molecule has 4 aliphatic heterocycles. The summed E-state index contributed by atoms with van der Waals surface area (Å²) in [6.07, 6.45) is 4.09. The number of ether oxygens (including phenoxy) is 2. The van der Waals surface area contributed by atoms with Gasteiger partial charge in [0.1, 0.15) is 24.8 Å². The van der Waals surface area contributed by atoms with Crippen LogP contribution in [0.3, 0.4) is 0 Å². The molecule has 0 saturated heterocycles. The summed E-state index contributed by atoms with van der Waals surface area (Å²) in [4.78, 5) is 128. The van der Waals surface area contributed by atoms with Gasteiger partial charge in [0.2, 0.25) is 0 Å². The first-order chi connectivity index (χ1) is 24.3. The van der Waals surface area contributed by atoms with E-state index in [0.717, 1.165) is 43.9 Å². The largest absolute Gasteiger partial charge is 0.423 e. The van der Waals surface area contributed by atoms with E-state index in [2.05, 4.69) is 0 Å². The number of fused-ring (bicyclic) bond motifs is 2. The van der Waals surface area contributed by atoms with Crippen molar-refractivity contribution < 1.29 is 57.4 Å². The molecule has 16 heteroatoms. The van der Waals surface area contributed by atoms with Gasteiger partial charge in [0, 0.05) is 24.3 Å². The summed E-state index contributed by atoms with van der Waals surface area (Å²) in [6.45, 7) is 0.399. The Balaban J connectivity index is 1.00. The summed E-state index contributed by atoms with van der Waals surface area (Å²) < 4.78 is 10.9. The average molecular weight is 689 g/mol. The second-order valence-electron chi connectivity index (χ2n) is 11.5. The molecule has 0 radical (unpaired) electrons. The lowest BCUT2D eigenvalue weighted by atomic mass is 10.1. The van der Waals surface area contributed by atoms with Gasteiger partial charge in [0.05, 0.1) is 33.4 Å². The van der Waals surface area contributed by atoms with Gasteiger partial charge in [0.15, 0.2) is 0 Å². The van der Waals surface area contributed by atoms with Crippen molar-refractivity contribution in [2.45, 2.75) is 6.92 Å². The minimum atomic E-state index is -0.879. The highest BCUT2D eigenvalue weighted by Crippen LogP contribution is 2.29. The molecule has 3 aromatic rings. The molecule has 8 amide bonds. The first-order valence-electron chi connectivity index (χ1n) is 14.9. The topological polar surface area (TPSA) is 202 Å². The van der Waals surface area contributed by atoms with E-state index in [4.69, 9.17) is 9.47 Å². The Labute approximate surface area is 285 Å². The van der Waals surface area contributed by atoms with Crippen LogP contribution < -0.4 is 9.47 Å². The number of hydrogen-bond acceptors (Lipinski definition) is 12. The van der Waals surface area contributed by atoms with Crippen molar-refractivity contribution in [3.63, 3.8) is 0 Å². The van der Waals surface area contributed by atoms with E-state index < -0.39 is 72.5 Å². The van der Waals surface area contributed by atoms with Crippen molar-refractivity contribution in [1.82, 2.24) is 19.6 Å². The van der Waals surface area contributed by atoms with Gasteiger partial charge in [-0.1, -0.05) is 0 Å². The van der Waals surface area contributed by atoms with E-state index in [0.29, 0.717) is 5.56 Å². The third kappa shape index (κ3) is 5.45. The number of hydrogen-bond donors (Lipinski definition) is 0. The normalized spacial score (nSPS) is 16.3. The van der Waals surface area contributed by atoms with Gasteiger partial charge in [-0.05, 0) is 67.1 Å². The molecule has 4 heterocycles. The summed E-state index contributed by atoms with van der Waals surface area (Å²) in [7, 11) is 0. The van der Waals surface area contributed by atoms with E-state index >= 15 is 0 Å². The zero-order valence-corrected chi connectivity index (χ0v) is 26.1. The third-order valence-electron chi connectivity index (χ3n) is 8.34. The van der Waals surface area contributed by atoms with Gasteiger partial charge in [-0.2, -0.15) is 0 Å². The van der Waals surface area contributed by atoms with E-state index in [1.165, 1.54) is 54.6 Å². The molecule has 0 bridgehead atoms. The molecule has 4 aliphatic rings. The predicted octanol–water partition coefficient (Wildman–Crippen LogP) is 1.39. The van der Waals surface area contributed by atoms with Crippen molar-refractivity contribution in [2.75, 3.05) is 13.3 Å². The Bertz CT molecular complexity index is 2270. The predicted molar refractivity (Wildman–Crippen MR) is 167 cm³/mol. The number of carbonyl (C=O) groups is 10. The number of nitrogens with zero attached hydrogens (tertiary/aromatic N) is 4. The summed E-state index contributed by atoms with van der Waals surface area (Å²) >= 11 is 0. The Morgan fingerprint density at radius 1 is 0.490 bits per heavy atom. The Kier molecular flexibility index (Phi) is 7.55. The quantitative estimate of drug-likeness (QED) is 0.187. The van der Waals surface area contributed by atoms with Gasteiger partial charge >= 0.3 is 11.9 Å². The maximum absolute atomic E-state index is 13.0. The molecule has 0 unspecified atom stereocenters. The van der Waals surface area contributed by atoms with Crippen LogP contribution in [0.5, 0.6) is 11.5 Å². The fourth-order valence-electron chi connectivity index (χ4n) is 5.64. The average Bonchev–Trinajstić information content (AvgIpc) is 3.76. The van der Waals surface area contributed by atoms with Crippen molar-refractivity contribution in [2.24, 2.45) is 0 Å². The molecule has 0 saturated carbocycles. The summed E-state index contributed by atoms with van der Waals surface area (Å²) in [5, 5.41) is 0. The van der Waals surface area contributed by atoms with Crippen LogP contribution in [0.4, 0.5) is 0 Å². The van der Waals surface area contributed by atoms with Crippen molar-refractivity contribution in [1.29, 1.82) is 0 Å². The maximum Gasteiger partial charge on any atom is 0.343 e. The fraction of sp³-hybridized carbons (Fsp3) is 0.0857. The van der Waals surface area contributed by atoms with E-state index in [1.807, 2.05) is 0 Å². The van der Waals surface area contributed by atoms with Crippen LogP contribution in [-0.4, -0.2) is 92.1 Å². The Morgan fingerprint density at radius 2 is 0.902 bits per heavy atom. The molecule has 0 spiro atoms. The number of imide groups is 4. The lowest BCUT2D eigenvalue weighted by Gasteiger charge is -2.20. The highest BCUT2D eigenvalue weighted by molar-refractivity contribution is 6.24. The van der Waals surface area contributed by atoms with Crippen LogP contribution in [0.15, 0.2) is 78.9 Å². The van der Waals surface area contributed by atoms with E-state index in [-0.39, 0.29) is 44.9 Å². The van der Waals surface area contributed by atoms with Gasteiger partial charge in [0.25, 0.3) is 47.3 Å². The van der Waals surface area contributed by atoms with Crippen LogP contribution in [0.25, 0.3) is 0 Å². The molecular weight excluding hydrogens is 668 g/mol. The van der Waals surface area contributed by atoms with Crippen LogP contribution >= 0.6 is 0 Å². The molecule has 7 rings (SSSR count). The Morgan fingerprint density at radius 3 is 1.33 bits per heavy atom. The monoisotopic (exact) mass is 688 g/mol. The summed E-state index contributed by atoms with van der Waals surface area (Å²) in [5.41, 5.74) is -0.0328. The van der Waals surface area contributed by atoms with Gasteiger partial charge in [-0.25, -0.2) is 9.59 Å². The number of rotatable bonds is 8. The number of carbonyl (C=O) groups excluding carboxylic acids is 10. The van der Waals surface area contributed by atoms with Crippen LogP contribution in [0.1, 0.15) is 67.7 Å². The lowest BCUT2D eigenvalue weighted by molar-refractivity contribution is -0.139. The smallest absolute Gasteiger partial charge is 0.343 e. The molecule has 16 nitrogen and oxygen atoms in total. The highest BCUT2D eigenvalue weighted by Gasteiger charge is 2.41. The minimum Gasteiger partial charge on any atom is -0.423 e. The molecule has 51 heavy (non-hydrogen) atoms. The molecule has 0 aliphatic carbocycles. The van der Waals surface area contributed by atoms with Crippen LogP contribution in [0, 0.1) is 6.92 Å². The minimum absolute atomic E-state index is 0.0183. The van der Waals surface area contributed by atoms with Crippen molar-refractivity contribution >= 4 is 59.2 Å². The third-order valence-corrected chi connectivity index (χ3v) is 8.34. The maximum atomic E-state index is 13.0. The molecule has 0 atom stereocenters. The van der Waals surface area contributed by atoms with Crippen molar-refractivity contribution in [3.05, 3.63) is 118 Å². The highest BCUT2D eigenvalue weighted by atomic mass is 16.5. The zero-order chi connectivity index (χ0) is 36.3. The van der Waals surface area contributed by atoms with Gasteiger partial charge < -0.3 is 9.47 Å². The second kappa shape index (κ2) is 12.0. The standard InChI is InChI=1S/C35H20N4O12/c1-17-12-20(50-34(48)18-2-5-21-23(13-18)32(46)38(30(21)44)15-36-26(40)8-9-27(36)41)4-7-25(17)51-35(49)19-3-6-22-24(14-19)33(47)39(31(22)45)16-37-28(42)10-11-29(37)43/h2-14H,15-16H2,1H3. The summed E-state index contributed by atoms with van der Waals surface area (Å²) in [5.74, 6) is -7.40. The van der Waals surface area contributed by atoms with Gasteiger partial charge in [-0.15, -0.1) is 0 Å². The van der Waals surface area contributed by atoms with Gasteiger partial charge in [-0.3, -0.25) is 58.0 Å². The molecule has 0 fully saturated rings.